The van der Waals surface area contributed by atoms with E-state index in [2.05, 4.69) is 25.3 Å². The van der Waals surface area contributed by atoms with Crippen molar-refractivity contribution in [1.82, 2.24) is 0 Å². The molecule has 1 N–H and O–H groups in total. The molecule has 0 radical (unpaired) electrons. The lowest BCUT2D eigenvalue weighted by molar-refractivity contribution is -0.877. The Balaban J connectivity index is 0.00000121. The number of hydrogen-bond donors (Lipinski definition) is 1. The van der Waals surface area contributed by atoms with Gasteiger partial charge in [0.1, 0.15) is 0 Å². The normalized spacial score (nSPS) is 32.7. The van der Waals surface area contributed by atoms with Crippen LogP contribution in [0.25, 0.3) is 0 Å². The third-order valence-electron chi connectivity index (χ3n) is 2.24. The van der Waals surface area contributed by atoms with E-state index in [-0.39, 0.29) is 18.6 Å². The van der Waals surface area contributed by atoms with Crippen LogP contribution in [0.5, 0.6) is 0 Å². The molecule has 1 heterocycles. The van der Waals surface area contributed by atoms with Crippen LogP contribution in [-0.4, -0.2) is 24.2 Å². The predicted molar refractivity (Wildman–Crippen MR) is 43.9 cm³/mol. The SMILES string of the molecule is CC[N+]1(C)C=CC=CC1N=N.[Cl-]. The van der Waals surface area contributed by atoms with Gasteiger partial charge >= 0.3 is 0 Å². The summed E-state index contributed by atoms with van der Waals surface area (Å²) in [6.07, 6.45) is 7.95. The van der Waals surface area contributed by atoms with Gasteiger partial charge in [-0.05, 0) is 19.1 Å². The maximum atomic E-state index is 6.98. The Morgan fingerprint density at radius 1 is 1.50 bits per heavy atom. The van der Waals surface area contributed by atoms with Gasteiger partial charge in [-0.15, -0.1) is 5.11 Å². The van der Waals surface area contributed by atoms with Crippen LogP contribution in [0.4, 0.5) is 0 Å². The predicted octanol–water partition coefficient (Wildman–Crippen LogP) is -1.10. The van der Waals surface area contributed by atoms with Gasteiger partial charge in [0.25, 0.3) is 0 Å². The van der Waals surface area contributed by atoms with E-state index >= 15 is 0 Å². The Hall–Kier alpha value is -0.670. The average molecular weight is 188 g/mol. The summed E-state index contributed by atoms with van der Waals surface area (Å²) in [7, 11) is 2.07. The highest BCUT2D eigenvalue weighted by molar-refractivity contribution is 5.06. The van der Waals surface area contributed by atoms with Gasteiger partial charge in [0.05, 0.1) is 19.8 Å². The van der Waals surface area contributed by atoms with Crippen molar-refractivity contribution in [2.75, 3.05) is 13.6 Å². The Morgan fingerprint density at radius 3 is 2.58 bits per heavy atom. The lowest BCUT2D eigenvalue weighted by Gasteiger charge is -2.33. The van der Waals surface area contributed by atoms with Gasteiger partial charge in [-0.1, -0.05) is 6.08 Å². The van der Waals surface area contributed by atoms with Gasteiger partial charge in [0, 0.05) is 0 Å². The molecule has 0 fully saturated rings. The van der Waals surface area contributed by atoms with Crippen LogP contribution >= 0.6 is 0 Å². The van der Waals surface area contributed by atoms with Crippen LogP contribution in [0.15, 0.2) is 29.5 Å². The second kappa shape index (κ2) is 4.38. The Labute approximate surface area is 79.3 Å². The average Bonchev–Trinajstić information content (AvgIpc) is 2.05. The molecule has 1 aliphatic rings. The molecular weight excluding hydrogens is 174 g/mol. The number of likely N-dealkylation sites (N-methyl/N-ethyl adjacent to an activating group) is 1. The van der Waals surface area contributed by atoms with E-state index in [1.54, 1.807) is 0 Å². The van der Waals surface area contributed by atoms with E-state index in [1.165, 1.54) is 0 Å². The van der Waals surface area contributed by atoms with Crippen molar-refractivity contribution in [2.24, 2.45) is 5.11 Å². The van der Waals surface area contributed by atoms with Crippen LogP contribution in [0.3, 0.4) is 0 Å². The van der Waals surface area contributed by atoms with Crippen LogP contribution in [0.2, 0.25) is 0 Å². The fraction of sp³-hybridized carbons (Fsp3) is 0.500. The summed E-state index contributed by atoms with van der Waals surface area (Å²) >= 11 is 0. The molecule has 4 heteroatoms. The summed E-state index contributed by atoms with van der Waals surface area (Å²) in [4.78, 5) is 0. The van der Waals surface area contributed by atoms with Crippen LogP contribution in [0.1, 0.15) is 6.92 Å². The molecule has 0 aromatic carbocycles. The van der Waals surface area contributed by atoms with Crippen molar-refractivity contribution in [1.29, 1.82) is 5.53 Å². The number of hydrogen-bond acceptors (Lipinski definition) is 2. The van der Waals surface area contributed by atoms with Gasteiger partial charge in [-0.2, -0.15) is 0 Å². The molecule has 68 valence electrons. The number of halogens is 1. The molecule has 3 nitrogen and oxygen atoms in total. The second-order valence-corrected chi connectivity index (χ2v) is 2.93. The Morgan fingerprint density at radius 2 is 2.17 bits per heavy atom. The van der Waals surface area contributed by atoms with E-state index in [4.69, 9.17) is 5.53 Å². The number of allylic oxidation sites excluding steroid dienone is 2. The highest BCUT2D eigenvalue weighted by Gasteiger charge is 2.27. The molecule has 0 aromatic heterocycles. The van der Waals surface area contributed by atoms with E-state index in [0.717, 1.165) is 6.54 Å². The quantitative estimate of drug-likeness (QED) is 0.421. The summed E-state index contributed by atoms with van der Waals surface area (Å²) in [6, 6.07) is 0. The summed E-state index contributed by atoms with van der Waals surface area (Å²) in [5, 5.41) is 3.56. The third kappa shape index (κ3) is 1.93. The lowest BCUT2D eigenvalue weighted by atomic mass is 10.2. The van der Waals surface area contributed by atoms with Crippen LogP contribution < -0.4 is 12.4 Å². The minimum Gasteiger partial charge on any atom is -1.00 e. The standard InChI is InChI=1S/C8H14N3.ClH/c1-3-11(2)7-5-4-6-8(11)10-9;/h4-9H,3H2,1-2H3;1H/q+1;/p-1. The lowest BCUT2D eigenvalue weighted by Crippen LogP contribution is -3.00. The third-order valence-corrected chi connectivity index (χ3v) is 2.24. The minimum atomic E-state index is -0.0231. The zero-order chi connectivity index (χ0) is 8.32. The van der Waals surface area contributed by atoms with Crippen molar-refractivity contribution >= 4 is 0 Å². The van der Waals surface area contributed by atoms with Gasteiger partial charge in [-0.3, -0.25) is 4.48 Å². The zero-order valence-electron chi connectivity index (χ0n) is 7.37. The molecule has 1 rings (SSSR count). The Kier molecular flexibility index (Phi) is 4.13. The first-order chi connectivity index (χ1) is 5.23. The Bertz CT molecular complexity index is 212. The number of nitrogens with one attached hydrogen (secondary N) is 1. The number of rotatable bonds is 2. The van der Waals surface area contributed by atoms with E-state index in [1.807, 2.05) is 18.2 Å². The van der Waals surface area contributed by atoms with Crippen LogP contribution in [-0.2, 0) is 0 Å². The molecule has 1 aliphatic heterocycles. The molecule has 2 unspecified atom stereocenters. The summed E-state index contributed by atoms with van der Waals surface area (Å²) < 4.78 is 0.708. The fourth-order valence-electron chi connectivity index (χ4n) is 1.16. The van der Waals surface area contributed by atoms with E-state index in [0.29, 0.717) is 4.48 Å². The molecule has 0 saturated carbocycles. The summed E-state index contributed by atoms with van der Waals surface area (Å²) in [5.41, 5.74) is 6.98. The van der Waals surface area contributed by atoms with Crippen molar-refractivity contribution in [3.8, 4) is 0 Å². The molecule has 0 amide bonds. The largest absolute Gasteiger partial charge is 1.00 e. The van der Waals surface area contributed by atoms with Gasteiger partial charge in [-0.25, -0.2) is 5.53 Å². The monoisotopic (exact) mass is 187 g/mol. The smallest absolute Gasteiger partial charge is 0.224 e. The number of quaternary nitrogens is 1. The maximum Gasteiger partial charge on any atom is 0.224 e. The second-order valence-electron chi connectivity index (χ2n) is 2.93. The van der Waals surface area contributed by atoms with E-state index in [9.17, 15) is 0 Å². The zero-order valence-corrected chi connectivity index (χ0v) is 8.12. The molecule has 0 aliphatic carbocycles. The minimum absolute atomic E-state index is 0. The topological polar surface area (TPSA) is 36.2 Å². The van der Waals surface area contributed by atoms with Crippen molar-refractivity contribution < 1.29 is 16.9 Å². The van der Waals surface area contributed by atoms with Crippen molar-refractivity contribution in [3.05, 3.63) is 24.4 Å². The van der Waals surface area contributed by atoms with Gasteiger partial charge in [0.2, 0.25) is 6.17 Å². The summed E-state index contributed by atoms with van der Waals surface area (Å²) in [6.45, 7) is 3.07. The van der Waals surface area contributed by atoms with Gasteiger partial charge in [0.15, 0.2) is 0 Å². The highest BCUT2D eigenvalue weighted by Crippen LogP contribution is 2.17. The maximum absolute atomic E-state index is 6.98. The number of nitrogens with zero attached hydrogens (tertiary/aromatic N) is 2. The van der Waals surface area contributed by atoms with E-state index < -0.39 is 0 Å². The molecule has 0 saturated heterocycles. The molecule has 2 atom stereocenters. The highest BCUT2D eigenvalue weighted by atomic mass is 35.5. The molecule has 0 aromatic rings. The molecule has 12 heavy (non-hydrogen) atoms. The molecular formula is C8H14ClN3. The summed E-state index contributed by atoms with van der Waals surface area (Å²) in [5.74, 6) is 0. The van der Waals surface area contributed by atoms with Crippen molar-refractivity contribution in [3.63, 3.8) is 0 Å². The van der Waals surface area contributed by atoms with Gasteiger partial charge < -0.3 is 12.4 Å². The molecule has 0 spiro atoms. The first-order valence-corrected chi connectivity index (χ1v) is 3.80. The molecule has 0 bridgehead atoms. The van der Waals surface area contributed by atoms with Crippen LogP contribution in [0, 0.1) is 5.53 Å². The van der Waals surface area contributed by atoms with Crippen molar-refractivity contribution in [2.45, 2.75) is 13.1 Å². The first kappa shape index (κ1) is 11.3. The fourth-order valence-corrected chi connectivity index (χ4v) is 1.16. The first-order valence-electron chi connectivity index (χ1n) is 3.80.